The van der Waals surface area contributed by atoms with Gasteiger partial charge in [0.1, 0.15) is 0 Å². The molecular weight excluding hydrogens is 351 g/mol. The third kappa shape index (κ3) is 6.68. The molecule has 0 radical (unpaired) electrons. The Balaban J connectivity index is 1.87. The fraction of sp³-hybridized carbons (Fsp3) is 0.350. The number of benzene rings is 1. The average molecular weight is 374 g/mol. The molecule has 0 aliphatic carbocycles. The largest absolute Gasteiger partial charge is 0.396 e. The van der Waals surface area contributed by atoms with E-state index in [1.807, 2.05) is 55.4 Å². The maximum atomic E-state index is 12.2. The van der Waals surface area contributed by atoms with Crippen molar-refractivity contribution in [3.05, 3.63) is 59.4 Å². The number of aliphatic hydroxyl groups excluding tert-OH is 1. The predicted octanol–water partition coefficient (Wildman–Crippen LogP) is 3.29. The highest BCUT2D eigenvalue weighted by Gasteiger charge is 2.08. The van der Waals surface area contributed by atoms with Gasteiger partial charge in [-0.15, -0.1) is 0 Å². The van der Waals surface area contributed by atoms with E-state index < -0.39 is 0 Å². The van der Waals surface area contributed by atoms with Crippen molar-refractivity contribution in [2.24, 2.45) is 5.92 Å². The van der Waals surface area contributed by atoms with Gasteiger partial charge >= 0.3 is 0 Å². The molecule has 6 heteroatoms. The molecule has 0 aliphatic heterocycles. The number of rotatable bonds is 8. The Bertz CT molecular complexity index is 724. The van der Waals surface area contributed by atoms with Crippen LogP contribution in [0.3, 0.4) is 0 Å². The average Bonchev–Trinajstić information content (AvgIpc) is 2.67. The molecule has 2 rings (SSSR count). The third-order valence-electron chi connectivity index (χ3n) is 3.72. The fourth-order valence-corrected chi connectivity index (χ4v) is 2.52. The lowest BCUT2D eigenvalue weighted by Gasteiger charge is -2.11. The Morgan fingerprint density at radius 1 is 1.15 bits per heavy atom. The summed E-state index contributed by atoms with van der Waals surface area (Å²) in [6.45, 7) is 0.543. The second-order valence-corrected chi connectivity index (χ2v) is 6.62. The first kappa shape index (κ1) is 20.2. The number of aliphatic hydroxyl groups is 1. The fourth-order valence-electron chi connectivity index (χ4n) is 2.14. The lowest BCUT2D eigenvalue weighted by molar-refractivity contribution is 0.0694. The summed E-state index contributed by atoms with van der Waals surface area (Å²) in [6, 6.07) is 11.8. The van der Waals surface area contributed by atoms with Crippen molar-refractivity contribution in [2.45, 2.75) is 6.61 Å². The number of nitrogens with zero attached hydrogens (tertiary/aromatic N) is 2. The van der Waals surface area contributed by atoms with E-state index in [0.717, 1.165) is 22.5 Å². The number of anilines is 1. The number of halogens is 1. The van der Waals surface area contributed by atoms with Gasteiger partial charge in [0, 0.05) is 67.5 Å². The second kappa shape index (κ2) is 10.8. The van der Waals surface area contributed by atoms with Gasteiger partial charge in [0.25, 0.3) is 0 Å². The third-order valence-corrected chi connectivity index (χ3v) is 4.32. The number of hydrogen-bond acceptors (Lipinski definition) is 5. The molecule has 0 saturated carbocycles. The number of ether oxygens (including phenoxy) is 1. The van der Waals surface area contributed by atoms with Crippen LogP contribution < -0.4 is 4.90 Å². The molecule has 0 fully saturated rings. The summed E-state index contributed by atoms with van der Waals surface area (Å²) in [5.74, 6) is 6.24. The van der Waals surface area contributed by atoms with Crippen molar-refractivity contribution in [3.8, 4) is 11.8 Å². The molecular formula is C20H23FN2O2S. The lowest BCUT2D eigenvalue weighted by atomic mass is 10.2. The van der Waals surface area contributed by atoms with Gasteiger partial charge in [0.15, 0.2) is 0 Å². The zero-order valence-corrected chi connectivity index (χ0v) is 15.8. The minimum atomic E-state index is -0.200. The van der Waals surface area contributed by atoms with Gasteiger partial charge in [-0.25, -0.2) is 0 Å². The molecule has 0 bridgehead atoms. The van der Waals surface area contributed by atoms with Gasteiger partial charge in [-0.2, -0.15) is 3.89 Å². The van der Waals surface area contributed by atoms with E-state index in [2.05, 4.69) is 16.8 Å². The molecule has 0 amide bonds. The van der Waals surface area contributed by atoms with Crippen molar-refractivity contribution >= 4 is 17.8 Å². The van der Waals surface area contributed by atoms with Crippen molar-refractivity contribution in [3.63, 3.8) is 0 Å². The molecule has 1 aromatic carbocycles. The zero-order chi connectivity index (χ0) is 18.8. The van der Waals surface area contributed by atoms with Crippen molar-refractivity contribution < 1.29 is 13.7 Å². The van der Waals surface area contributed by atoms with Crippen molar-refractivity contribution in [1.82, 2.24) is 4.98 Å². The molecule has 0 spiro atoms. The first-order chi connectivity index (χ1) is 12.6. The first-order valence-corrected chi connectivity index (χ1v) is 9.17. The minimum absolute atomic E-state index is 0.0889. The van der Waals surface area contributed by atoms with Crippen LogP contribution in [-0.4, -0.2) is 43.2 Å². The maximum absolute atomic E-state index is 12.2. The lowest BCUT2D eigenvalue weighted by Crippen LogP contribution is -2.16. The van der Waals surface area contributed by atoms with Gasteiger partial charge in [0.05, 0.1) is 18.9 Å². The van der Waals surface area contributed by atoms with Gasteiger partial charge in [-0.05, 0) is 36.4 Å². The van der Waals surface area contributed by atoms with Gasteiger partial charge in [0.2, 0.25) is 0 Å². The highest BCUT2D eigenvalue weighted by atomic mass is 32.2. The topological polar surface area (TPSA) is 45.6 Å². The molecule has 1 unspecified atom stereocenters. The Labute approximate surface area is 158 Å². The van der Waals surface area contributed by atoms with Crippen LogP contribution in [0.1, 0.15) is 16.8 Å². The first-order valence-electron chi connectivity index (χ1n) is 8.29. The normalized spacial score (nSPS) is 11.5. The molecule has 138 valence electrons. The van der Waals surface area contributed by atoms with Crippen LogP contribution in [-0.2, 0) is 11.3 Å². The summed E-state index contributed by atoms with van der Waals surface area (Å²) >= 11 is 0.215. The highest BCUT2D eigenvalue weighted by Crippen LogP contribution is 2.12. The van der Waals surface area contributed by atoms with E-state index in [4.69, 9.17) is 9.84 Å². The van der Waals surface area contributed by atoms with Crippen LogP contribution in [0.2, 0.25) is 0 Å². The molecule has 1 heterocycles. The smallest absolute Gasteiger partial charge is 0.0888 e. The maximum Gasteiger partial charge on any atom is 0.0888 e. The van der Waals surface area contributed by atoms with Crippen LogP contribution in [0.25, 0.3) is 0 Å². The summed E-state index contributed by atoms with van der Waals surface area (Å²) in [6.07, 6.45) is 1.71. The highest BCUT2D eigenvalue weighted by molar-refractivity contribution is 7.94. The summed E-state index contributed by atoms with van der Waals surface area (Å²) in [7, 11) is 4.00. The van der Waals surface area contributed by atoms with Crippen LogP contribution in [0.4, 0.5) is 9.57 Å². The van der Waals surface area contributed by atoms with E-state index in [9.17, 15) is 3.89 Å². The van der Waals surface area contributed by atoms with Crippen molar-refractivity contribution in [1.29, 1.82) is 0 Å². The van der Waals surface area contributed by atoms with Gasteiger partial charge < -0.3 is 14.7 Å². The summed E-state index contributed by atoms with van der Waals surface area (Å²) < 4.78 is 17.7. The molecule has 0 saturated heterocycles. The molecule has 1 aromatic heterocycles. The molecule has 1 N–H and O–H groups in total. The Hall–Kier alpha value is -2.07. The molecule has 1 atom stereocenters. The number of pyridine rings is 1. The summed E-state index contributed by atoms with van der Waals surface area (Å²) in [5, 5.41) is 9.09. The van der Waals surface area contributed by atoms with E-state index in [1.54, 1.807) is 6.20 Å². The Kier molecular flexibility index (Phi) is 8.42. The molecule has 2 aromatic rings. The number of aromatic nitrogens is 1. The quantitative estimate of drug-likeness (QED) is 0.719. The van der Waals surface area contributed by atoms with Crippen LogP contribution in [0.5, 0.6) is 0 Å². The number of hydrogen-bond donors (Lipinski definition) is 1. The van der Waals surface area contributed by atoms with E-state index in [1.165, 1.54) is 0 Å². The second-order valence-electron chi connectivity index (χ2n) is 6.07. The monoisotopic (exact) mass is 374 g/mol. The van der Waals surface area contributed by atoms with Gasteiger partial charge in [-0.1, -0.05) is 11.8 Å². The Morgan fingerprint density at radius 2 is 1.85 bits per heavy atom. The molecule has 26 heavy (non-hydrogen) atoms. The summed E-state index contributed by atoms with van der Waals surface area (Å²) in [5.41, 5.74) is 3.68. The van der Waals surface area contributed by atoms with E-state index >= 15 is 0 Å². The van der Waals surface area contributed by atoms with Crippen LogP contribution in [0, 0.1) is 17.8 Å². The zero-order valence-electron chi connectivity index (χ0n) is 15.0. The molecule has 4 nitrogen and oxygen atoms in total. The standard InChI is InChI=1S/C20H23FN2O2S/c1-23(2)20-9-6-16(7-10-20)3-4-17-5-8-19(22-11-17)14-25-13-18(12-24)15-26-21/h5-11,18,24H,12-15H2,1-2H3. The summed E-state index contributed by atoms with van der Waals surface area (Å²) in [4.78, 5) is 6.36. The van der Waals surface area contributed by atoms with Gasteiger partial charge in [-0.3, -0.25) is 4.98 Å². The van der Waals surface area contributed by atoms with E-state index in [0.29, 0.717) is 13.2 Å². The van der Waals surface area contributed by atoms with Crippen molar-refractivity contribution in [2.75, 3.05) is 38.0 Å². The van der Waals surface area contributed by atoms with Crippen LogP contribution >= 0.6 is 12.1 Å². The minimum Gasteiger partial charge on any atom is -0.396 e. The SMILES string of the molecule is CN(C)c1ccc(C#Cc2ccc(COCC(CO)CSF)nc2)cc1. The molecule has 0 aliphatic rings. The van der Waals surface area contributed by atoms with Crippen LogP contribution in [0.15, 0.2) is 42.6 Å². The predicted molar refractivity (Wildman–Crippen MR) is 105 cm³/mol. The van der Waals surface area contributed by atoms with E-state index in [-0.39, 0.29) is 30.4 Å². The Morgan fingerprint density at radius 3 is 2.42 bits per heavy atom.